The van der Waals surface area contributed by atoms with Crippen molar-refractivity contribution < 1.29 is 22.8 Å². The Morgan fingerprint density at radius 2 is 1.93 bits per heavy atom. The molecule has 1 saturated carbocycles. The van der Waals surface area contributed by atoms with Gasteiger partial charge in [-0.2, -0.15) is 0 Å². The molecule has 2 atom stereocenters. The van der Waals surface area contributed by atoms with Gasteiger partial charge >= 0.3 is 6.03 Å². The highest BCUT2D eigenvalue weighted by Gasteiger charge is 2.56. The largest absolute Gasteiger partial charge is 0.334 e. The zero-order valence-electron chi connectivity index (χ0n) is 16.0. The van der Waals surface area contributed by atoms with Gasteiger partial charge in [0.1, 0.15) is 12.1 Å². The lowest BCUT2D eigenvalue weighted by Gasteiger charge is -2.30. The number of nitrogens with one attached hydrogen (secondary N) is 1. The summed E-state index contributed by atoms with van der Waals surface area (Å²) in [4.78, 5) is 41.6. The van der Waals surface area contributed by atoms with Gasteiger partial charge in [0.15, 0.2) is 9.84 Å². The highest BCUT2D eigenvalue weighted by Crippen LogP contribution is 2.41. The molecular weight excluding hydrogens is 394 g/mol. The predicted molar refractivity (Wildman–Crippen MR) is 104 cm³/mol. The first kappa shape index (κ1) is 18.6. The summed E-state index contributed by atoms with van der Waals surface area (Å²) < 4.78 is 23.8. The second-order valence-electron chi connectivity index (χ2n) is 8.47. The molecular formula is C20H23N3O5S. The zero-order valence-corrected chi connectivity index (χ0v) is 16.8. The van der Waals surface area contributed by atoms with Crippen molar-refractivity contribution in [2.75, 3.05) is 18.1 Å². The fourth-order valence-corrected chi connectivity index (χ4v) is 6.71. The summed E-state index contributed by atoms with van der Waals surface area (Å²) in [6, 6.07) is 6.65. The van der Waals surface area contributed by atoms with E-state index in [1.165, 1.54) is 0 Å². The van der Waals surface area contributed by atoms with Gasteiger partial charge in [0, 0.05) is 12.1 Å². The number of benzene rings is 1. The molecule has 2 aliphatic carbocycles. The number of urea groups is 1. The van der Waals surface area contributed by atoms with E-state index in [1.54, 1.807) is 4.90 Å². The smallest absolute Gasteiger partial charge is 0.325 e. The molecule has 0 unspecified atom stereocenters. The van der Waals surface area contributed by atoms with Crippen LogP contribution >= 0.6 is 0 Å². The normalized spacial score (nSPS) is 29.9. The van der Waals surface area contributed by atoms with E-state index in [2.05, 4.69) is 5.32 Å². The second-order valence-corrected chi connectivity index (χ2v) is 10.7. The maximum absolute atomic E-state index is 13.2. The Balaban J connectivity index is 1.37. The van der Waals surface area contributed by atoms with Crippen LogP contribution in [-0.2, 0) is 31.4 Å². The number of carbonyl (C=O) groups is 3. The van der Waals surface area contributed by atoms with Gasteiger partial charge in [-0.25, -0.2) is 13.2 Å². The van der Waals surface area contributed by atoms with Crippen molar-refractivity contribution in [3.63, 3.8) is 0 Å². The van der Waals surface area contributed by atoms with Crippen LogP contribution in [0.5, 0.6) is 0 Å². The fourth-order valence-electron chi connectivity index (χ4n) is 5.00. The van der Waals surface area contributed by atoms with E-state index in [0.717, 1.165) is 28.9 Å². The number of fused-ring (bicyclic) bond motifs is 2. The summed E-state index contributed by atoms with van der Waals surface area (Å²) in [5.41, 5.74) is 0.744. The number of nitrogens with zero attached hydrogens (tertiary/aromatic N) is 2. The Kier molecular flexibility index (Phi) is 4.03. The van der Waals surface area contributed by atoms with Crippen LogP contribution < -0.4 is 5.32 Å². The molecule has 1 aromatic rings. The predicted octanol–water partition coefficient (Wildman–Crippen LogP) is 0.558. The number of rotatable bonds is 4. The molecule has 1 spiro atoms. The first-order valence-electron chi connectivity index (χ1n) is 10.0. The summed E-state index contributed by atoms with van der Waals surface area (Å²) in [6.07, 6.45) is 3.26. The number of hydrogen-bond acceptors (Lipinski definition) is 5. The highest BCUT2D eigenvalue weighted by molar-refractivity contribution is 7.91. The number of imide groups is 1. The third-order valence-electron chi connectivity index (χ3n) is 6.55. The average molecular weight is 417 g/mol. The van der Waals surface area contributed by atoms with E-state index in [0.29, 0.717) is 19.3 Å². The third-order valence-corrected chi connectivity index (χ3v) is 8.30. The minimum atomic E-state index is -3.13. The lowest BCUT2D eigenvalue weighted by molar-refractivity contribution is -0.140. The van der Waals surface area contributed by atoms with Crippen LogP contribution in [-0.4, -0.2) is 66.2 Å². The quantitative estimate of drug-likeness (QED) is 0.721. The van der Waals surface area contributed by atoms with Crippen LogP contribution in [0.3, 0.4) is 0 Å². The van der Waals surface area contributed by atoms with Gasteiger partial charge < -0.3 is 10.2 Å². The lowest BCUT2D eigenvalue weighted by atomic mass is 9.92. The molecule has 0 radical (unpaired) electrons. The first-order chi connectivity index (χ1) is 13.8. The highest BCUT2D eigenvalue weighted by atomic mass is 32.2. The lowest BCUT2D eigenvalue weighted by Crippen LogP contribution is -2.49. The third kappa shape index (κ3) is 2.94. The monoisotopic (exact) mass is 417 g/mol. The van der Waals surface area contributed by atoms with Crippen molar-refractivity contribution >= 4 is 27.7 Å². The van der Waals surface area contributed by atoms with Crippen LogP contribution in [0.25, 0.3) is 0 Å². The molecule has 3 fully saturated rings. The second kappa shape index (κ2) is 6.29. The van der Waals surface area contributed by atoms with Crippen molar-refractivity contribution in [2.24, 2.45) is 0 Å². The minimum absolute atomic E-state index is 0.0164. The Bertz CT molecular complexity index is 1020. The van der Waals surface area contributed by atoms with Gasteiger partial charge in [-0.05, 0) is 43.2 Å². The van der Waals surface area contributed by atoms with E-state index in [9.17, 15) is 22.8 Å². The molecule has 5 rings (SSSR count). The molecule has 9 heteroatoms. The number of carbonyl (C=O) groups excluding carboxylic acids is 3. The van der Waals surface area contributed by atoms with Crippen molar-refractivity contribution in [1.29, 1.82) is 0 Å². The van der Waals surface area contributed by atoms with E-state index >= 15 is 0 Å². The molecule has 8 nitrogen and oxygen atoms in total. The Morgan fingerprint density at radius 1 is 1.17 bits per heavy atom. The molecule has 29 heavy (non-hydrogen) atoms. The van der Waals surface area contributed by atoms with E-state index in [-0.39, 0.29) is 36.0 Å². The van der Waals surface area contributed by atoms with Gasteiger partial charge in [-0.1, -0.05) is 24.3 Å². The van der Waals surface area contributed by atoms with Crippen LogP contribution in [0.15, 0.2) is 24.3 Å². The molecule has 2 saturated heterocycles. The van der Waals surface area contributed by atoms with Crippen LogP contribution in [0.2, 0.25) is 0 Å². The summed E-state index contributed by atoms with van der Waals surface area (Å²) >= 11 is 0. The number of aryl methyl sites for hydroxylation is 1. The molecule has 1 aromatic carbocycles. The van der Waals surface area contributed by atoms with Crippen LogP contribution in [0.4, 0.5) is 4.79 Å². The van der Waals surface area contributed by atoms with Gasteiger partial charge in [0.25, 0.3) is 5.91 Å². The molecule has 0 bridgehead atoms. The molecule has 2 heterocycles. The summed E-state index contributed by atoms with van der Waals surface area (Å²) in [6.45, 7) is -0.346. The Labute approximate surface area is 169 Å². The standard InChI is InChI=1S/C20H23N3O5S/c24-17(23(14-5-6-14)15-8-10-29(27,28)12-15)11-22-18(25)20(21-19(22)26)9-7-13-3-1-2-4-16(13)20/h1-4,14-15H,5-12H2,(H,21,26)/t15-,20+/m0/s1. The number of hydrogen-bond donors (Lipinski definition) is 1. The summed E-state index contributed by atoms with van der Waals surface area (Å²) in [5.74, 6) is -0.693. The number of amides is 4. The topological polar surface area (TPSA) is 104 Å². The van der Waals surface area contributed by atoms with Crippen LogP contribution in [0, 0.1) is 0 Å². The summed E-state index contributed by atoms with van der Waals surface area (Å²) in [5, 5.41) is 2.83. The van der Waals surface area contributed by atoms with Crippen molar-refractivity contribution in [3.05, 3.63) is 35.4 Å². The molecule has 0 aromatic heterocycles. The molecule has 154 valence electrons. The molecule has 4 aliphatic rings. The van der Waals surface area contributed by atoms with Crippen molar-refractivity contribution in [3.8, 4) is 0 Å². The number of sulfone groups is 1. The van der Waals surface area contributed by atoms with Crippen molar-refractivity contribution in [1.82, 2.24) is 15.1 Å². The van der Waals surface area contributed by atoms with Gasteiger partial charge in [-0.15, -0.1) is 0 Å². The molecule has 4 amide bonds. The fraction of sp³-hybridized carbons (Fsp3) is 0.550. The van der Waals surface area contributed by atoms with E-state index in [1.807, 2.05) is 24.3 Å². The molecule has 1 N–H and O–H groups in total. The SMILES string of the molecule is O=C1N[C@@]2(CCc3ccccc32)C(=O)N1CC(=O)N(C1CC1)[C@H]1CCS(=O)(=O)C1. The first-order valence-corrected chi connectivity index (χ1v) is 11.9. The summed E-state index contributed by atoms with van der Waals surface area (Å²) in [7, 11) is -3.13. The van der Waals surface area contributed by atoms with Gasteiger partial charge in [-0.3, -0.25) is 14.5 Å². The van der Waals surface area contributed by atoms with Crippen molar-refractivity contribution in [2.45, 2.75) is 49.7 Å². The maximum atomic E-state index is 13.2. The zero-order chi connectivity index (χ0) is 20.4. The Morgan fingerprint density at radius 3 is 2.62 bits per heavy atom. The van der Waals surface area contributed by atoms with Gasteiger partial charge in [0.05, 0.1) is 11.5 Å². The maximum Gasteiger partial charge on any atom is 0.325 e. The Hall–Kier alpha value is -2.42. The van der Waals surface area contributed by atoms with Crippen LogP contribution in [0.1, 0.15) is 36.8 Å². The van der Waals surface area contributed by atoms with E-state index < -0.39 is 27.3 Å². The molecule has 2 aliphatic heterocycles. The van der Waals surface area contributed by atoms with Gasteiger partial charge in [0.2, 0.25) is 5.91 Å². The minimum Gasteiger partial charge on any atom is -0.334 e. The van der Waals surface area contributed by atoms with E-state index in [4.69, 9.17) is 0 Å². The average Bonchev–Trinajstić information content (AvgIpc) is 3.29.